The van der Waals surface area contributed by atoms with Crippen molar-refractivity contribution in [2.75, 3.05) is 6.54 Å². The van der Waals surface area contributed by atoms with E-state index in [4.69, 9.17) is 5.11 Å². The molecule has 0 bridgehead atoms. The summed E-state index contributed by atoms with van der Waals surface area (Å²) in [6.07, 6.45) is -4.70. The van der Waals surface area contributed by atoms with Gasteiger partial charge >= 0.3 is 6.18 Å². The molecule has 1 rings (SSSR count). The van der Waals surface area contributed by atoms with Crippen molar-refractivity contribution < 1.29 is 23.1 Å². The number of hydrogen-bond acceptors (Lipinski definition) is 2. The van der Waals surface area contributed by atoms with Crippen molar-refractivity contribution in [2.45, 2.75) is 12.3 Å². The summed E-state index contributed by atoms with van der Waals surface area (Å²) in [4.78, 5) is 11.2. The van der Waals surface area contributed by atoms with Gasteiger partial charge in [0.2, 0.25) is 5.91 Å². The summed E-state index contributed by atoms with van der Waals surface area (Å²) in [5.74, 6) is -0.692. The number of halogens is 3. The van der Waals surface area contributed by atoms with Crippen LogP contribution in [-0.2, 0) is 4.79 Å². The van der Waals surface area contributed by atoms with E-state index in [2.05, 4.69) is 0 Å². The van der Waals surface area contributed by atoms with Crippen LogP contribution in [0, 0.1) is 0 Å². The van der Waals surface area contributed by atoms with Crippen molar-refractivity contribution >= 4 is 12.0 Å². The fourth-order valence-corrected chi connectivity index (χ4v) is 1.11. The summed E-state index contributed by atoms with van der Waals surface area (Å²) < 4.78 is 35.8. The third-order valence-corrected chi connectivity index (χ3v) is 2.07. The molecule has 98 valence electrons. The summed E-state index contributed by atoms with van der Waals surface area (Å²) in [7, 11) is 0. The highest BCUT2D eigenvalue weighted by Crippen LogP contribution is 2.19. The minimum atomic E-state index is -4.73. The first-order valence-electron chi connectivity index (χ1n) is 5.15. The molecule has 0 aliphatic carbocycles. The smallest absolute Gasteiger partial charge is 0.382 e. The fraction of sp³-hybridized carbons (Fsp3) is 0.250. The van der Waals surface area contributed by atoms with Gasteiger partial charge in [-0.15, -0.1) is 0 Å². The molecule has 18 heavy (non-hydrogen) atoms. The number of hydrogen-bond donors (Lipinski definition) is 2. The quantitative estimate of drug-likeness (QED) is 0.809. The maximum Gasteiger partial charge on any atom is 0.416 e. The van der Waals surface area contributed by atoms with Gasteiger partial charge < -0.3 is 10.4 Å². The molecule has 1 atom stereocenters. The first-order chi connectivity index (χ1) is 8.39. The molecule has 0 aliphatic rings. The SMILES string of the molecule is O=C(/C=C/c1ccccc1)NCC(O)C(F)(F)F. The number of alkyl halides is 3. The lowest BCUT2D eigenvalue weighted by Crippen LogP contribution is -2.40. The van der Waals surface area contributed by atoms with Gasteiger partial charge in [0.05, 0.1) is 6.54 Å². The van der Waals surface area contributed by atoms with Crippen LogP contribution in [-0.4, -0.2) is 29.8 Å². The van der Waals surface area contributed by atoms with Gasteiger partial charge in [-0.1, -0.05) is 30.3 Å². The van der Waals surface area contributed by atoms with Crippen molar-refractivity contribution in [3.05, 3.63) is 42.0 Å². The molecule has 1 aromatic carbocycles. The first kappa shape index (κ1) is 14.2. The third kappa shape index (κ3) is 5.01. The second kappa shape index (κ2) is 6.20. The molecule has 3 nitrogen and oxygen atoms in total. The molecular weight excluding hydrogens is 247 g/mol. The monoisotopic (exact) mass is 259 g/mol. The van der Waals surface area contributed by atoms with Crippen LogP contribution in [0.15, 0.2) is 36.4 Å². The Balaban J connectivity index is 2.41. The Hall–Kier alpha value is -1.82. The maximum atomic E-state index is 11.9. The van der Waals surface area contributed by atoms with E-state index in [1.807, 2.05) is 5.32 Å². The highest BCUT2D eigenvalue weighted by Gasteiger charge is 2.37. The average molecular weight is 259 g/mol. The van der Waals surface area contributed by atoms with Gasteiger partial charge in [0.1, 0.15) is 0 Å². The van der Waals surface area contributed by atoms with E-state index in [1.165, 1.54) is 6.08 Å². The molecule has 2 N–H and O–H groups in total. The molecule has 0 saturated carbocycles. The maximum absolute atomic E-state index is 11.9. The summed E-state index contributed by atoms with van der Waals surface area (Å²) in [5.41, 5.74) is 0.754. The minimum absolute atomic E-state index is 0.692. The molecule has 1 unspecified atom stereocenters. The molecule has 0 heterocycles. The number of benzene rings is 1. The van der Waals surface area contributed by atoms with E-state index in [1.54, 1.807) is 30.3 Å². The highest BCUT2D eigenvalue weighted by molar-refractivity contribution is 5.91. The predicted octanol–water partition coefficient (Wildman–Crippen LogP) is 1.74. The van der Waals surface area contributed by atoms with Crippen LogP contribution < -0.4 is 5.32 Å². The molecule has 0 saturated heterocycles. The Morgan fingerprint density at radius 2 is 1.94 bits per heavy atom. The Morgan fingerprint density at radius 1 is 1.33 bits per heavy atom. The van der Waals surface area contributed by atoms with Crippen LogP contribution in [0.4, 0.5) is 13.2 Å². The van der Waals surface area contributed by atoms with E-state index >= 15 is 0 Å². The molecule has 0 spiro atoms. The Labute approximate surface area is 102 Å². The van der Waals surface area contributed by atoms with Crippen LogP contribution in [0.2, 0.25) is 0 Å². The van der Waals surface area contributed by atoms with Crippen LogP contribution in [0.5, 0.6) is 0 Å². The van der Waals surface area contributed by atoms with E-state index in [-0.39, 0.29) is 0 Å². The van der Waals surface area contributed by atoms with Crippen LogP contribution >= 0.6 is 0 Å². The predicted molar refractivity (Wildman–Crippen MR) is 60.5 cm³/mol. The highest BCUT2D eigenvalue weighted by atomic mass is 19.4. The summed E-state index contributed by atoms with van der Waals surface area (Å²) >= 11 is 0. The van der Waals surface area contributed by atoms with Gasteiger partial charge in [0.15, 0.2) is 6.10 Å². The standard InChI is InChI=1S/C12H12F3NO2/c13-12(14,15)10(17)8-16-11(18)7-6-9-4-2-1-3-5-9/h1-7,10,17H,8H2,(H,16,18)/b7-6+. The summed E-state index contributed by atoms with van der Waals surface area (Å²) in [6, 6.07) is 8.83. The summed E-state index contributed by atoms with van der Waals surface area (Å²) in [6.45, 7) is -0.860. The van der Waals surface area contributed by atoms with E-state index in [0.717, 1.165) is 11.6 Å². The van der Waals surface area contributed by atoms with Crippen molar-refractivity contribution in [1.82, 2.24) is 5.32 Å². The summed E-state index contributed by atoms with van der Waals surface area (Å²) in [5, 5.41) is 10.6. The third-order valence-electron chi connectivity index (χ3n) is 2.07. The van der Waals surface area contributed by atoms with E-state index in [9.17, 15) is 18.0 Å². The lowest BCUT2D eigenvalue weighted by molar-refractivity contribution is -0.201. The van der Waals surface area contributed by atoms with Crippen molar-refractivity contribution in [2.24, 2.45) is 0 Å². The zero-order chi connectivity index (χ0) is 13.6. The molecular formula is C12H12F3NO2. The molecule has 1 amide bonds. The largest absolute Gasteiger partial charge is 0.416 e. The number of carbonyl (C=O) groups excluding carboxylic acids is 1. The second-order valence-corrected chi connectivity index (χ2v) is 3.55. The first-order valence-corrected chi connectivity index (χ1v) is 5.15. The Bertz CT molecular complexity index is 415. The topological polar surface area (TPSA) is 49.3 Å². The lowest BCUT2D eigenvalue weighted by atomic mass is 10.2. The van der Waals surface area contributed by atoms with Crippen LogP contribution in [0.3, 0.4) is 0 Å². The molecule has 0 aliphatic heterocycles. The van der Waals surface area contributed by atoms with Gasteiger partial charge in [0, 0.05) is 6.08 Å². The average Bonchev–Trinajstić information content (AvgIpc) is 2.33. The van der Waals surface area contributed by atoms with Gasteiger partial charge in [-0.2, -0.15) is 13.2 Å². The number of rotatable bonds is 4. The second-order valence-electron chi connectivity index (χ2n) is 3.55. The lowest BCUT2D eigenvalue weighted by Gasteiger charge is -2.14. The van der Waals surface area contributed by atoms with Gasteiger partial charge in [0.25, 0.3) is 0 Å². The Morgan fingerprint density at radius 3 is 2.50 bits per heavy atom. The molecule has 0 radical (unpaired) electrons. The van der Waals surface area contributed by atoms with Crippen molar-refractivity contribution in [1.29, 1.82) is 0 Å². The van der Waals surface area contributed by atoms with Crippen LogP contribution in [0.1, 0.15) is 5.56 Å². The van der Waals surface area contributed by atoms with Crippen molar-refractivity contribution in [3.8, 4) is 0 Å². The molecule has 0 fully saturated rings. The fourth-order valence-electron chi connectivity index (χ4n) is 1.11. The zero-order valence-corrected chi connectivity index (χ0v) is 9.32. The normalized spacial score (nSPS) is 13.6. The van der Waals surface area contributed by atoms with Crippen LogP contribution in [0.25, 0.3) is 6.08 Å². The van der Waals surface area contributed by atoms with Gasteiger partial charge in [-0.05, 0) is 11.6 Å². The number of aliphatic hydroxyl groups is 1. The van der Waals surface area contributed by atoms with Gasteiger partial charge in [-0.25, -0.2) is 0 Å². The van der Waals surface area contributed by atoms with E-state index in [0.29, 0.717) is 0 Å². The minimum Gasteiger partial charge on any atom is -0.382 e. The zero-order valence-electron chi connectivity index (χ0n) is 9.32. The molecule has 0 aromatic heterocycles. The molecule has 6 heteroatoms. The van der Waals surface area contributed by atoms with Crippen molar-refractivity contribution in [3.63, 3.8) is 0 Å². The number of carbonyl (C=O) groups is 1. The number of aliphatic hydroxyl groups excluding tert-OH is 1. The number of nitrogens with one attached hydrogen (secondary N) is 1. The number of amides is 1. The van der Waals surface area contributed by atoms with E-state index < -0.39 is 24.7 Å². The Kier molecular flexibility index (Phi) is 4.91. The molecule has 1 aromatic rings. The van der Waals surface area contributed by atoms with Gasteiger partial charge in [-0.3, -0.25) is 4.79 Å².